The highest BCUT2D eigenvalue weighted by atomic mass is 19.2. The Balaban J connectivity index is 1.78. The number of hydrogen-bond acceptors (Lipinski definition) is 2. The number of likely N-dealkylation sites (tertiary alicyclic amines) is 1. The Morgan fingerprint density at radius 1 is 1.29 bits per heavy atom. The molecule has 1 heterocycles. The van der Waals surface area contributed by atoms with Gasteiger partial charge in [0.2, 0.25) is 0 Å². The number of hydrogen-bond donors (Lipinski definition) is 1. The highest BCUT2D eigenvalue weighted by molar-refractivity contribution is 5.73. The molecule has 2 amide bonds. The molecule has 1 aromatic carbocycles. The van der Waals surface area contributed by atoms with Crippen LogP contribution in [-0.4, -0.2) is 49.1 Å². The molecule has 0 saturated carbocycles. The highest BCUT2D eigenvalue weighted by Gasteiger charge is 2.23. The second-order valence-electron chi connectivity index (χ2n) is 5.57. The molecule has 1 aliphatic rings. The normalized spacial score (nSPS) is 16.1. The number of piperidine rings is 1. The summed E-state index contributed by atoms with van der Waals surface area (Å²) in [6, 6.07) is 4.27. The predicted molar refractivity (Wildman–Crippen MR) is 76.9 cm³/mol. The van der Waals surface area contributed by atoms with E-state index in [4.69, 9.17) is 0 Å². The quantitative estimate of drug-likeness (QED) is 0.928. The first-order chi connectivity index (χ1) is 9.97. The summed E-state index contributed by atoms with van der Waals surface area (Å²) in [6.45, 7) is 1.93. The van der Waals surface area contributed by atoms with Crippen molar-refractivity contribution in [3.63, 3.8) is 0 Å². The van der Waals surface area contributed by atoms with Gasteiger partial charge in [-0.15, -0.1) is 0 Å². The Morgan fingerprint density at radius 3 is 2.52 bits per heavy atom. The summed E-state index contributed by atoms with van der Waals surface area (Å²) in [5, 5.41) is 3.33. The van der Waals surface area contributed by atoms with Crippen LogP contribution in [0.3, 0.4) is 0 Å². The number of halogens is 2. The fourth-order valence-electron chi connectivity index (χ4n) is 2.47. The second kappa shape index (κ2) is 6.85. The molecule has 116 valence electrons. The summed E-state index contributed by atoms with van der Waals surface area (Å²) in [5.41, 5.74) is 0.723. The minimum atomic E-state index is -0.825. The molecule has 2 rings (SSSR count). The van der Waals surface area contributed by atoms with E-state index in [1.807, 2.05) is 4.90 Å². The number of benzene rings is 1. The van der Waals surface area contributed by atoms with E-state index >= 15 is 0 Å². The zero-order chi connectivity index (χ0) is 15.4. The van der Waals surface area contributed by atoms with Crippen LogP contribution in [0.2, 0.25) is 0 Å². The summed E-state index contributed by atoms with van der Waals surface area (Å²) < 4.78 is 25.9. The Bertz CT molecular complexity index is 500. The van der Waals surface area contributed by atoms with Gasteiger partial charge in [0.05, 0.1) is 0 Å². The van der Waals surface area contributed by atoms with Crippen molar-refractivity contribution >= 4 is 6.03 Å². The molecule has 1 N–H and O–H groups in total. The number of carbonyl (C=O) groups excluding carboxylic acids is 1. The summed E-state index contributed by atoms with van der Waals surface area (Å²) in [6.07, 6.45) is 1.73. The maximum atomic E-state index is 13.1. The molecular weight excluding hydrogens is 276 g/mol. The number of urea groups is 1. The van der Waals surface area contributed by atoms with Gasteiger partial charge in [-0.2, -0.15) is 0 Å². The van der Waals surface area contributed by atoms with Crippen LogP contribution in [0.5, 0.6) is 0 Å². The van der Waals surface area contributed by atoms with Crippen molar-refractivity contribution in [2.75, 3.05) is 27.2 Å². The number of rotatable bonds is 3. The van der Waals surface area contributed by atoms with Crippen molar-refractivity contribution in [3.05, 3.63) is 35.4 Å². The van der Waals surface area contributed by atoms with E-state index in [-0.39, 0.29) is 6.03 Å². The molecule has 0 radical (unpaired) electrons. The predicted octanol–water partition coefficient (Wildman–Crippen LogP) is 2.20. The standard InChI is InChI=1S/C15H21F2N3O/c1-19(2)15(21)20-7-5-12(6-8-20)18-10-11-3-4-13(16)14(17)9-11/h3-4,9,12,18H,5-8,10H2,1-2H3. The molecule has 1 saturated heterocycles. The van der Waals surface area contributed by atoms with Crippen molar-refractivity contribution in [1.29, 1.82) is 0 Å². The molecule has 0 unspecified atom stereocenters. The van der Waals surface area contributed by atoms with E-state index < -0.39 is 11.6 Å². The Kier molecular flexibility index (Phi) is 5.12. The fraction of sp³-hybridized carbons (Fsp3) is 0.533. The molecule has 1 aliphatic heterocycles. The fourth-order valence-corrected chi connectivity index (χ4v) is 2.47. The van der Waals surface area contributed by atoms with E-state index in [9.17, 15) is 13.6 Å². The van der Waals surface area contributed by atoms with Gasteiger partial charge in [-0.05, 0) is 30.5 Å². The summed E-state index contributed by atoms with van der Waals surface area (Å²) in [5.74, 6) is -1.64. The molecule has 0 aromatic heterocycles. The SMILES string of the molecule is CN(C)C(=O)N1CCC(NCc2ccc(F)c(F)c2)CC1. The molecule has 0 bridgehead atoms. The molecule has 1 aromatic rings. The van der Waals surface area contributed by atoms with Gasteiger partial charge in [-0.1, -0.05) is 6.07 Å². The summed E-state index contributed by atoms with van der Waals surface area (Å²) >= 11 is 0. The third-order valence-electron chi connectivity index (χ3n) is 3.73. The van der Waals surface area contributed by atoms with Gasteiger partial charge < -0.3 is 15.1 Å². The second-order valence-corrected chi connectivity index (χ2v) is 5.57. The van der Waals surface area contributed by atoms with Gasteiger partial charge in [0.25, 0.3) is 0 Å². The van der Waals surface area contributed by atoms with Crippen molar-refractivity contribution < 1.29 is 13.6 Å². The van der Waals surface area contributed by atoms with Gasteiger partial charge in [0, 0.05) is 39.8 Å². The van der Waals surface area contributed by atoms with Gasteiger partial charge in [-0.25, -0.2) is 13.6 Å². The van der Waals surface area contributed by atoms with Crippen LogP contribution in [0.25, 0.3) is 0 Å². The van der Waals surface area contributed by atoms with Crippen LogP contribution in [0, 0.1) is 11.6 Å². The third kappa shape index (κ3) is 4.14. The number of nitrogens with zero attached hydrogens (tertiary/aromatic N) is 2. The molecular formula is C15H21F2N3O. The molecule has 0 spiro atoms. The molecule has 4 nitrogen and oxygen atoms in total. The largest absolute Gasteiger partial charge is 0.331 e. The maximum Gasteiger partial charge on any atom is 0.319 e. The van der Waals surface area contributed by atoms with Crippen molar-refractivity contribution in [2.24, 2.45) is 0 Å². The van der Waals surface area contributed by atoms with Gasteiger partial charge in [-0.3, -0.25) is 0 Å². The lowest BCUT2D eigenvalue weighted by Crippen LogP contribution is -2.47. The average molecular weight is 297 g/mol. The van der Waals surface area contributed by atoms with E-state index in [0.29, 0.717) is 25.7 Å². The minimum Gasteiger partial charge on any atom is -0.331 e. The Morgan fingerprint density at radius 2 is 1.95 bits per heavy atom. The number of amides is 2. The Hall–Kier alpha value is -1.69. The summed E-state index contributed by atoms with van der Waals surface area (Å²) in [4.78, 5) is 15.2. The first-order valence-electron chi connectivity index (χ1n) is 7.11. The van der Waals surface area contributed by atoms with Gasteiger partial charge >= 0.3 is 6.03 Å². The van der Waals surface area contributed by atoms with Crippen LogP contribution < -0.4 is 5.32 Å². The van der Waals surface area contributed by atoms with Crippen molar-refractivity contribution in [3.8, 4) is 0 Å². The molecule has 0 atom stereocenters. The number of nitrogens with one attached hydrogen (secondary N) is 1. The maximum absolute atomic E-state index is 13.1. The molecule has 21 heavy (non-hydrogen) atoms. The molecule has 1 fully saturated rings. The van der Waals surface area contributed by atoms with Crippen molar-refractivity contribution in [2.45, 2.75) is 25.4 Å². The zero-order valence-electron chi connectivity index (χ0n) is 12.4. The lowest BCUT2D eigenvalue weighted by Gasteiger charge is -2.34. The zero-order valence-corrected chi connectivity index (χ0v) is 12.4. The van der Waals surface area contributed by atoms with Gasteiger partial charge in [0.1, 0.15) is 0 Å². The monoisotopic (exact) mass is 297 g/mol. The first-order valence-corrected chi connectivity index (χ1v) is 7.11. The van der Waals surface area contributed by atoms with Crippen LogP contribution in [0.15, 0.2) is 18.2 Å². The minimum absolute atomic E-state index is 0.0362. The summed E-state index contributed by atoms with van der Waals surface area (Å²) in [7, 11) is 3.49. The van der Waals surface area contributed by atoms with Crippen LogP contribution in [0.1, 0.15) is 18.4 Å². The highest BCUT2D eigenvalue weighted by Crippen LogP contribution is 2.13. The Labute approximate surface area is 123 Å². The molecule has 6 heteroatoms. The lowest BCUT2D eigenvalue weighted by molar-refractivity contribution is 0.152. The number of carbonyl (C=O) groups is 1. The van der Waals surface area contributed by atoms with E-state index in [1.165, 1.54) is 6.07 Å². The van der Waals surface area contributed by atoms with E-state index in [2.05, 4.69) is 5.32 Å². The first kappa shape index (κ1) is 15.7. The molecule has 0 aliphatic carbocycles. The smallest absolute Gasteiger partial charge is 0.319 e. The van der Waals surface area contributed by atoms with E-state index in [1.54, 1.807) is 25.1 Å². The van der Waals surface area contributed by atoms with Crippen LogP contribution >= 0.6 is 0 Å². The average Bonchev–Trinajstić information content (AvgIpc) is 2.48. The van der Waals surface area contributed by atoms with Gasteiger partial charge in [0.15, 0.2) is 11.6 Å². The van der Waals surface area contributed by atoms with Crippen LogP contribution in [0.4, 0.5) is 13.6 Å². The van der Waals surface area contributed by atoms with Crippen molar-refractivity contribution in [1.82, 2.24) is 15.1 Å². The topological polar surface area (TPSA) is 35.6 Å². The van der Waals surface area contributed by atoms with Crippen LogP contribution in [-0.2, 0) is 6.54 Å². The van der Waals surface area contributed by atoms with E-state index in [0.717, 1.165) is 24.5 Å². The lowest BCUT2D eigenvalue weighted by atomic mass is 10.0. The third-order valence-corrected chi connectivity index (χ3v) is 3.73.